The summed E-state index contributed by atoms with van der Waals surface area (Å²) in [6.07, 6.45) is 0.812. The lowest BCUT2D eigenvalue weighted by atomic mass is 10.1. The molecular weight excluding hydrogens is 162 g/mol. The zero-order chi connectivity index (χ0) is 9.84. The van der Waals surface area contributed by atoms with E-state index in [0.29, 0.717) is 11.3 Å². The zero-order valence-electron chi connectivity index (χ0n) is 7.82. The molecule has 0 aliphatic heterocycles. The lowest BCUT2D eigenvalue weighted by Crippen LogP contribution is -2.08. The molecule has 0 aliphatic carbocycles. The molecule has 67 valence electrons. The Morgan fingerprint density at radius 1 is 1.46 bits per heavy atom. The van der Waals surface area contributed by atoms with Gasteiger partial charge in [-0.3, -0.25) is 4.79 Å². The van der Waals surface area contributed by atoms with Crippen molar-refractivity contribution in [1.29, 1.82) is 0 Å². The van der Waals surface area contributed by atoms with Gasteiger partial charge in [-0.1, -0.05) is 18.2 Å². The Hall–Kier alpha value is -1.57. The van der Waals surface area contributed by atoms with Crippen molar-refractivity contribution in [2.24, 2.45) is 0 Å². The Morgan fingerprint density at radius 2 is 2.15 bits per heavy atom. The fraction of sp³-hybridized carbons (Fsp3) is 0.182. The van der Waals surface area contributed by atoms with E-state index in [1.807, 2.05) is 31.1 Å². The lowest BCUT2D eigenvalue weighted by Gasteiger charge is -2.15. The van der Waals surface area contributed by atoms with Gasteiger partial charge in [-0.05, 0) is 18.2 Å². The van der Waals surface area contributed by atoms with E-state index in [-0.39, 0.29) is 0 Å². The summed E-state index contributed by atoms with van der Waals surface area (Å²) in [7, 11) is 3.73. The first kappa shape index (κ1) is 9.52. The molecule has 0 amide bonds. The maximum Gasteiger partial charge on any atom is 0.150 e. The fourth-order valence-corrected chi connectivity index (χ4v) is 1.03. The summed E-state index contributed by atoms with van der Waals surface area (Å²) < 4.78 is 0. The van der Waals surface area contributed by atoms with Crippen LogP contribution in [-0.2, 0) is 0 Å². The molecule has 0 fully saturated rings. The predicted octanol–water partition coefficient (Wildman–Crippen LogP) is 1.83. The Bertz CT molecular complexity index is 329. The standard InChI is InChI=1S/C11H12NO/c1-9(12(2)3)11-6-4-5-10(7-11)8-13/h1,4-8H,2-3H3. The monoisotopic (exact) mass is 174 g/mol. The summed E-state index contributed by atoms with van der Waals surface area (Å²) in [6, 6.07) is 7.21. The number of carbonyl (C=O) groups is 1. The fourth-order valence-electron chi connectivity index (χ4n) is 1.03. The van der Waals surface area contributed by atoms with Gasteiger partial charge in [-0.25, -0.2) is 0 Å². The molecule has 0 saturated heterocycles. The van der Waals surface area contributed by atoms with Gasteiger partial charge in [-0.15, -0.1) is 0 Å². The van der Waals surface area contributed by atoms with Crippen LogP contribution in [0.4, 0.5) is 0 Å². The number of benzene rings is 1. The number of nitrogens with zero attached hydrogens (tertiary/aromatic N) is 1. The Morgan fingerprint density at radius 3 is 2.69 bits per heavy atom. The van der Waals surface area contributed by atoms with Gasteiger partial charge in [0.15, 0.2) is 0 Å². The highest BCUT2D eigenvalue weighted by Gasteiger charge is 2.01. The van der Waals surface area contributed by atoms with Crippen molar-refractivity contribution in [3.8, 4) is 0 Å². The van der Waals surface area contributed by atoms with Gasteiger partial charge in [0.1, 0.15) is 6.29 Å². The van der Waals surface area contributed by atoms with E-state index in [1.54, 1.807) is 12.1 Å². The van der Waals surface area contributed by atoms with Gasteiger partial charge < -0.3 is 4.90 Å². The number of rotatable bonds is 3. The van der Waals surface area contributed by atoms with Gasteiger partial charge in [0.2, 0.25) is 0 Å². The minimum atomic E-state index is 0.641. The molecule has 0 aromatic heterocycles. The maximum absolute atomic E-state index is 10.5. The third-order valence-corrected chi connectivity index (χ3v) is 1.80. The number of hydrogen-bond acceptors (Lipinski definition) is 2. The van der Waals surface area contributed by atoms with Crippen LogP contribution >= 0.6 is 0 Å². The third kappa shape index (κ3) is 2.18. The van der Waals surface area contributed by atoms with E-state index in [1.165, 1.54) is 0 Å². The molecule has 0 saturated carbocycles. The molecule has 13 heavy (non-hydrogen) atoms. The van der Waals surface area contributed by atoms with Crippen LogP contribution in [0.1, 0.15) is 15.9 Å². The lowest BCUT2D eigenvalue weighted by molar-refractivity contribution is 0.112. The number of hydrogen-bond donors (Lipinski definition) is 0. The second-order valence-corrected chi connectivity index (χ2v) is 3.02. The SMILES string of the molecule is [CH]=C(c1cccc(C=O)c1)N(C)C. The summed E-state index contributed by atoms with van der Waals surface area (Å²) in [5.41, 5.74) is 2.17. The molecular formula is C11H12NO. The normalized spacial score (nSPS) is 9.38. The first-order chi connectivity index (χ1) is 6.15. The van der Waals surface area contributed by atoms with Crippen molar-refractivity contribution in [3.63, 3.8) is 0 Å². The summed E-state index contributed by atoms with van der Waals surface area (Å²) in [5.74, 6) is 0. The highest BCUT2D eigenvalue weighted by molar-refractivity contribution is 5.77. The van der Waals surface area contributed by atoms with Crippen LogP contribution in [0.3, 0.4) is 0 Å². The summed E-state index contributed by atoms with van der Waals surface area (Å²) in [6.45, 7) is 5.79. The van der Waals surface area contributed by atoms with Gasteiger partial charge >= 0.3 is 0 Å². The molecule has 0 aliphatic rings. The van der Waals surface area contributed by atoms with E-state index in [4.69, 9.17) is 6.58 Å². The van der Waals surface area contributed by atoms with Crippen molar-refractivity contribution in [3.05, 3.63) is 42.0 Å². The molecule has 0 spiro atoms. The minimum Gasteiger partial charge on any atom is -0.377 e. The van der Waals surface area contributed by atoms with Gasteiger partial charge in [0.05, 0.1) is 0 Å². The molecule has 0 atom stereocenters. The first-order valence-electron chi connectivity index (χ1n) is 4.00. The molecule has 2 heteroatoms. The molecule has 0 bridgehead atoms. The van der Waals surface area contributed by atoms with E-state index < -0.39 is 0 Å². The topological polar surface area (TPSA) is 20.3 Å². The molecule has 0 unspecified atom stereocenters. The maximum atomic E-state index is 10.5. The molecule has 1 aromatic rings. The molecule has 0 N–H and O–H groups in total. The molecule has 0 heterocycles. The first-order valence-corrected chi connectivity index (χ1v) is 4.00. The number of carbonyl (C=O) groups excluding carboxylic acids is 1. The molecule has 1 rings (SSSR count). The quantitative estimate of drug-likeness (QED) is 0.651. The second kappa shape index (κ2) is 3.90. The van der Waals surface area contributed by atoms with Crippen molar-refractivity contribution in [1.82, 2.24) is 4.90 Å². The second-order valence-electron chi connectivity index (χ2n) is 3.02. The smallest absolute Gasteiger partial charge is 0.150 e. The van der Waals surface area contributed by atoms with Crippen LogP contribution in [0.25, 0.3) is 5.70 Å². The van der Waals surface area contributed by atoms with Crippen LogP contribution < -0.4 is 0 Å². The zero-order valence-corrected chi connectivity index (χ0v) is 7.82. The van der Waals surface area contributed by atoms with E-state index in [9.17, 15) is 4.79 Å². The Kier molecular flexibility index (Phi) is 2.85. The highest BCUT2D eigenvalue weighted by atomic mass is 16.1. The average molecular weight is 174 g/mol. The third-order valence-electron chi connectivity index (χ3n) is 1.80. The minimum absolute atomic E-state index is 0.641. The molecule has 1 radical (unpaired) electrons. The van der Waals surface area contributed by atoms with Crippen molar-refractivity contribution in [2.45, 2.75) is 0 Å². The van der Waals surface area contributed by atoms with Crippen LogP contribution in [0.5, 0.6) is 0 Å². The van der Waals surface area contributed by atoms with Crippen molar-refractivity contribution in [2.75, 3.05) is 14.1 Å². The molecule has 2 nitrogen and oxygen atoms in total. The van der Waals surface area contributed by atoms with Crippen molar-refractivity contribution < 1.29 is 4.79 Å². The predicted molar refractivity (Wildman–Crippen MR) is 53.2 cm³/mol. The van der Waals surface area contributed by atoms with Gasteiger partial charge in [0, 0.05) is 25.4 Å². The van der Waals surface area contributed by atoms with E-state index in [2.05, 4.69) is 0 Å². The van der Waals surface area contributed by atoms with Crippen LogP contribution in [-0.4, -0.2) is 25.3 Å². The molecule has 1 aromatic carbocycles. The highest BCUT2D eigenvalue weighted by Crippen LogP contribution is 2.14. The summed E-state index contributed by atoms with van der Waals surface area (Å²) >= 11 is 0. The van der Waals surface area contributed by atoms with Crippen molar-refractivity contribution >= 4 is 12.0 Å². The van der Waals surface area contributed by atoms with Crippen LogP contribution in [0.2, 0.25) is 0 Å². The largest absolute Gasteiger partial charge is 0.377 e. The summed E-state index contributed by atoms with van der Waals surface area (Å²) in [4.78, 5) is 12.3. The van der Waals surface area contributed by atoms with Crippen LogP contribution in [0.15, 0.2) is 24.3 Å². The van der Waals surface area contributed by atoms with Gasteiger partial charge in [0.25, 0.3) is 0 Å². The Balaban J connectivity index is 3.01. The van der Waals surface area contributed by atoms with Gasteiger partial charge in [-0.2, -0.15) is 0 Å². The van der Waals surface area contributed by atoms with E-state index in [0.717, 1.165) is 11.8 Å². The van der Waals surface area contributed by atoms with Crippen LogP contribution in [0, 0.1) is 6.58 Å². The number of aldehydes is 1. The summed E-state index contributed by atoms with van der Waals surface area (Å²) in [5, 5.41) is 0. The average Bonchev–Trinajstić information content (AvgIpc) is 2.16. The van der Waals surface area contributed by atoms with E-state index >= 15 is 0 Å². The Labute approximate surface area is 78.5 Å².